The van der Waals surface area contributed by atoms with Gasteiger partial charge in [0.15, 0.2) is 5.96 Å². The molecule has 1 fully saturated rings. The number of hydrogen-bond donors (Lipinski definition) is 1. The molecule has 0 spiro atoms. The molecule has 1 rings (SSSR count). The highest BCUT2D eigenvalue weighted by Gasteiger charge is 2.21. The van der Waals surface area contributed by atoms with Crippen LogP contribution in [0.1, 0.15) is 34.1 Å². The van der Waals surface area contributed by atoms with E-state index in [4.69, 9.17) is 10.5 Å². The molecule has 136 valence electrons. The minimum absolute atomic E-state index is 0. The predicted molar refractivity (Wildman–Crippen MR) is 109 cm³/mol. The van der Waals surface area contributed by atoms with Crippen LogP contribution in [0.25, 0.3) is 0 Å². The lowest BCUT2D eigenvalue weighted by atomic mass is 10.2. The van der Waals surface area contributed by atoms with Crippen molar-refractivity contribution in [2.45, 2.75) is 39.7 Å². The summed E-state index contributed by atoms with van der Waals surface area (Å²) in [4.78, 5) is 20.4. The van der Waals surface area contributed by atoms with Crippen LogP contribution in [-0.4, -0.2) is 71.7 Å². The maximum absolute atomic E-state index is 12.1. The smallest absolute Gasteiger partial charge is 0.410 e. The van der Waals surface area contributed by atoms with Gasteiger partial charge in [0.2, 0.25) is 0 Å². The van der Waals surface area contributed by atoms with Crippen LogP contribution < -0.4 is 5.73 Å². The lowest BCUT2D eigenvalue weighted by Gasteiger charge is -2.28. The molecule has 2 N–H and O–H groups in total. The fourth-order valence-corrected chi connectivity index (χ4v) is 2.97. The minimum Gasteiger partial charge on any atom is -0.444 e. The van der Waals surface area contributed by atoms with Crippen LogP contribution in [0.5, 0.6) is 0 Å². The lowest BCUT2D eigenvalue weighted by Crippen LogP contribution is -2.43. The third kappa shape index (κ3) is 9.49. The fourth-order valence-electron chi connectivity index (χ4n) is 2.07. The summed E-state index contributed by atoms with van der Waals surface area (Å²) in [6, 6.07) is 0. The van der Waals surface area contributed by atoms with Crippen molar-refractivity contribution in [2.24, 2.45) is 10.7 Å². The number of nitrogens with two attached hydrogens (primary N) is 1. The number of carbonyl (C=O) groups excluding carboxylic acids is 1. The monoisotopic (exact) mass is 458 g/mol. The first kappa shape index (κ1) is 22.6. The fraction of sp³-hybridized carbons (Fsp3) is 0.867. The molecule has 0 aromatic carbocycles. The maximum atomic E-state index is 12.1. The Bertz CT molecular complexity index is 382. The number of thioether (sulfide) groups is 1. The van der Waals surface area contributed by atoms with E-state index in [2.05, 4.69) is 9.89 Å². The molecule has 0 saturated carbocycles. The molecule has 0 atom stereocenters. The molecule has 0 bridgehead atoms. The lowest BCUT2D eigenvalue weighted by molar-refractivity contribution is 0.0256. The van der Waals surface area contributed by atoms with Gasteiger partial charge in [-0.1, -0.05) is 6.92 Å². The second kappa shape index (κ2) is 11.2. The quantitative estimate of drug-likeness (QED) is 0.390. The van der Waals surface area contributed by atoms with E-state index in [1.807, 2.05) is 39.5 Å². The Morgan fingerprint density at radius 1 is 1.30 bits per heavy atom. The predicted octanol–water partition coefficient (Wildman–Crippen LogP) is 2.62. The zero-order valence-electron chi connectivity index (χ0n) is 14.7. The van der Waals surface area contributed by atoms with Gasteiger partial charge in [0.25, 0.3) is 0 Å². The van der Waals surface area contributed by atoms with Gasteiger partial charge in [0.1, 0.15) is 5.60 Å². The average molecular weight is 458 g/mol. The third-order valence-corrected chi connectivity index (χ3v) is 4.07. The molecule has 1 heterocycles. The molecule has 1 aliphatic rings. The van der Waals surface area contributed by atoms with Gasteiger partial charge in [0.05, 0.1) is 6.54 Å². The van der Waals surface area contributed by atoms with E-state index in [1.165, 1.54) is 0 Å². The van der Waals surface area contributed by atoms with E-state index < -0.39 is 5.60 Å². The summed E-state index contributed by atoms with van der Waals surface area (Å²) in [5.74, 6) is 2.77. The summed E-state index contributed by atoms with van der Waals surface area (Å²) in [5, 5.41) is 0. The minimum atomic E-state index is -0.475. The Labute approximate surface area is 161 Å². The normalized spacial score (nSPS) is 15.8. The van der Waals surface area contributed by atoms with Crippen LogP contribution in [0.4, 0.5) is 4.79 Å². The first-order chi connectivity index (χ1) is 10.3. The SMILES string of the molecule is CCCN(CCN=C(N)N1CCSCC1)C(=O)OC(C)(C)C.I. The van der Waals surface area contributed by atoms with Crippen molar-refractivity contribution in [2.75, 3.05) is 44.2 Å². The highest BCUT2D eigenvalue weighted by Crippen LogP contribution is 2.11. The third-order valence-electron chi connectivity index (χ3n) is 3.12. The van der Waals surface area contributed by atoms with Crippen LogP contribution in [-0.2, 0) is 4.74 Å². The van der Waals surface area contributed by atoms with Crippen molar-refractivity contribution in [3.05, 3.63) is 0 Å². The summed E-state index contributed by atoms with van der Waals surface area (Å²) in [6.45, 7) is 11.3. The van der Waals surface area contributed by atoms with Crippen molar-refractivity contribution >= 4 is 47.8 Å². The van der Waals surface area contributed by atoms with Gasteiger partial charge in [0, 0.05) is 37.7 Å². The molecule has 1 aliphatic heterocycles. The second-order valence-electron chi connectivity index (χ2n) is 6.31. The van der Waals surface area contributed by atoms with Crippen LogP contribution in [0.3, 0.4) is 0 Å². The molecular formula is C15H31IN4O2S. The molecule has 8 heteroatoms. The number of nitrogens with zero attached hydrogens (tertiary/aromatic N) is 3. The summed E-state index contributed by atoms with van der Waals surface area (Å²) >= 11 is 1.94. The number of aliphatic imine (C=N–C) groups is 1. The summed E-state index contributed by atoms with van der Waals surface area (Å²) in [5.41, 5.74) is 5.54. The highest BCUT2D eigenvalue weighted by atomic mass is 127. The molecule has 23 heavy (non-hydrogen) atoms. The number of ether oxygens (including phenoxy) is 1. The number of guanidine groups is 1. The van der Waals surface area contributed by atoms with E-state index in [1.54, 1.807) is 4.90 Å². The molecule has 0 aromatic heterocycles. The van der Waals surface area contributed by atoms with Crippen molar-refractivity contribution < 1.29 is 9.53 Å². The highest BCUT2D eigenvalue weighted by molar-refractivity contribution is 14.0. The van der Waals surface area contributed by atoms with Gasteiger partial charge in [-0.05, 0) is 27.2 Å². The molecule has 6 nitrogen and oxygen atoms in total. The molecule has 0 aliphatic carbocycles. The van der Waals surface area contributed by atoms with Crippen molar-refractivity contribution in [1.82, 2.24) is 9.80 Å². The number of rotatable bonds is 5. The molecule has 0 unspecified atom stereocenters. The zero-order chi connectivity index (χ0) is 16.6. The van der Waals surface area contributed by atoms with Crippen LogP contribution in [0.15, 0.2) is 4.99 Å². The number of carbonyl (C=O) groups is 1. The van der Waals surface area contributed by atoms with Crippen LogP contribution in [0, 0.1) is 0 Å². The molecular weight excluding hydrogens is 427 g/mol. The van der Waals surface area contributed by atoms with E-state index in [9.17, 15) is 4.79 Å². The molecule has 0 aromatic rings. The average Bonchev–Trinajstić information content (AvgIpc) is 2.45. The van der Waals surface area contributed by atoms with Gasteiger partial charge < -0.3 is 20.3 Å². The van der Waals surface area contributed by atoms with Gasteiger partial charge in [-0.15, -0.1) is 24.0 Å². The summed E-state index contributed by atoms with van der Waals surface area (Å²) in [6.07, 6.45) is 0.611. The Hall–Kier alpha value is -0.380. The van der Waals surface area contributed by atoms with Crippen molar-refractivity contribution in [3.63, 3.8) is 0 Å². The molecule has 0 radical (unpaired) electrons. The Balaban J connectivity index is 0.00000484. The first-order valence-electron chi connectivity index (χ1n) is 7.94. The van der Waals surface area contributed by atoms with Gasteiger partial charge >= 0.3 is 6.09 Å². The Kier molecular flexibility index (Phi) is 11.0. The zero-order valence-corrected chi connectivity index (χ0v) is 17.9. The van der Waals surface area contributed by atoms with Crippen LogP contribution >= 0.6 is 35.7 Å². The van der Waals surface area contributed by atoms with E-state index in [-0.39, 0.29) is 30.1 Å². The molecule has 1 saturated heterocycles. The van der Waals surface area contributed by atoms with Crippen molar-refractivity contribution in [3.8, 4) is 0 Å². The second-order valence-corrected chi connectivity index (χ2v) is 7.53. The van der Waals surface area contributed by atoms with Crippen LogP contribution in [0.2, 0.25) is 0 Å². The summed E-state index contributed by atoms with van der Waals surface area (Å²) in [7, 11) is 0. The number of amides is 1. The van der Waals surface area contributed by atoms with E-state index >= 15 is 0 Å². The van der Waals surface area contributed by atoms with Gasteiger partial charge in [-0.3, -0.25) is 4.99 Å². The Morgan fingerprint density at radius 2 is 1.91 bits per heavy atom. The topological polar surface area (TPSA) is 71.2 Å². The largest absolute Gasteiger partial charge is 0.444 e. The number of halogens is 1. The van der Waals surface area contributed by atoms with Gasteiger partial charge in [-0.2, -0.15) is 11.8 Å². The summed E-state index contributed by atoms with van der Waals surface area (Å²) < 4.78 is 5.42. The van der Waals surface area contributed by atoms with E-state index in [0.717, 1.165) is 31.0 Å². The van der Waals surface area contributed by atoms with E-state index in [0.29, 0.717) is 25.6 Å². The Morgan fingerprint density at radius 3 is 2.43 bits per heavy atom. The molecule has 1 amide bonds. The van der Waals surface area contributed by atoms with Crippen molar-refractivity contribution in [1.29, 1.82) is 0 Å². The van der Waals surface area contributed by atoms with Gasteiger partial charge in [-0.25, -0.2) is 4.79 Å². The first-order valence-corrected chi connectivity index (χ1v) is 9.09. The number of hydrogen-bond acceptors (Lipinski definition) is 4. The maximum Gasteiger partial charge on any atom is 0.410 e. The standard InChI is InChI=1S/C15H30N4O2S.HI/c1-5-7-19(14(20)21-15(2,3)4)8-6-17-13(16)18-9-11-22-12-10-18;/h5-12H2,1-4H3,(H2,16,17);1H.